The molecule has 6 nitrogen and oxygen atoms in total. The van der Waals surface area contributed by atoms with Crippen LogP contribution >= 0.6 is 0 Å². The molecular formula is C18H19F3N2O4S2. The van der Waals surface area contributed by atoms with Gasteiger partial charge in [0.15, 0.2) is 0 Å². The van der Waals surface area contributed by atoms with Gasteiger partial charge in [0.2, 0.25) is 19.9 Å². The minimum Gasteiger partial charge on any atom is -0.317 e. The highest BCUT2D eigenvalue weighted by molar-refractivity contribution is 7.92. The lowest BCUT2D eigenvalue weighted by molar-refractivity contribution is -0.142. The summed E-state index contributed by atoms with van der Waals surface area (Å²) in [5, 5.41) is 3.03. The first-order chi connectivity index (χ1) is 13.5. The summed E-state index contributed by atoms with van der Waals surface area (Å²) >= 11 is 0. The summed E-state index contributed by atoms with van der Waals surface area (Å²) in [6.45, 7) is 1.06. The maximum atomic E-state index is 13.9. The van der Waals surface area contributed by atoms with Crippen LogP contribution in [0.4, 0.5) is 13.2 Å². The van der Waals surface area contributed by atoms with Gasteiger partial charge in [0.25, 0.3) is 0 Å². The molecule has 1 aliphatic rings. The maximum Gasteiger partial charge on any atom is 0.419 e. The van der Waals surface area contributed by atoms with Gasteiger partial charge in [-0.3, -0.25) is 0 Å². The van der Waals surface area contributed by atoms with E-state index in [1.54, 1.807) is 0 Å². The third kappa shape index (κ3) is 4.63. The molecule has 0 radical (unpaired) electrons. The van der Waals surface area contributed by atoms with Gasteiger partial charge in [0, 0.05) is 6.04 Å². The zero-order valence-electron chi connectivity index (χ0n) is 15.1. The quantitative estimate of drug-likeness (QED) is 0.734. The number of benzene rings is 2. The van der Waals surface area contributed by atoms with E-state index in [1.165, 1.54) is 18.2 Å². The first kappa shape index (κ1) is 21.8. The second-order valence-corrected chi connectivity index (χ2v) is 10.2. The standard InChI is InChI=1S/C18H19F3N2O4S2/c19-18(20,21)17-15(28(24,25)14-5-2-1-3-6-14)7-4-8-16(17)29(26,27)23-13-9-11-22-12-10-13/h1-8,13,22-23H,9-12H2. The lowest BCUT2D eigenvalue weighted by Gasteiger charge is -2.25. The van der Waals surface area contributed by atoms with Crippen LogP contribution in [0.15, 0.2) is 63.2 Å². The number of piperidine rings is 1. The number of rotatable bonds is 5. The topological polar surface area (TPSA) is 92.3 Å². The number of hydrogen-bond donors (Lipinski definition) is 2. The number of halogens is 3. The highest BCUT2D eigenvalue weighted by Gasteiger charge is 2.43. The number of alkyl halides is 3. The molecule has 0 bridgehead atoms. The van der Waals surface area contributed by atoms with Crippen LogP contribution in [0.25, 0.3) is 0 Å². The molecule has 2 aromatic carbocycles. The van der Waals surface area contributed by atoms with Crippen LogP contribution in [0.1, 0.15) is 18.4 Å². The Kier molecular flexibility index (Phi) is 6.04. The first-order valence-electron chi connectivity index (χ1n) is 8.77. The highest BCUT2D eigenvalue weighted by Crippen LogP contribution is 2.40. The van der Waals surface area contributed by atoms with Gasteiger partial charge >= 0.3 is 6.18 Å². The van der Waals surface area contributed by atoms with Crippen LogP contribution in [-0.4, -0.2) is 36.0 Å². The SMILES string of the molecule is O=S(=O)(NC1CCNCC1)c1cccc(S(=O)(=O)c2ccccc2)c1C(F)(F)F. The van der Waals surface area contributed by atoms with E-state index in [4.69, 9.17) is 0 Å². The smallest absolute Gasteiger partial charge is 0.317 e. The van der Waals surface area contributed by atoms with Crippen molar-refractivity contribution < 1.29 is 30.0 Å². The number of sulfonamides is 1. The summed E-state index contributed by atoms with van der Waals surface area (Å²) < 4.78 is 95.2. The van der Waals surface area contributed by atoms with Crippen LogP contribution in [0.3, 0.4) is 0 Å². The molecule has 1 aliphatic heterocycles. The summed E-state index contributed by atoms with van der Waals surface area (Å²) in [5.74, 6) is 0. The Hall–Kier alpha value is -1.95. The van der Waals surface area contributed by atoms with E-state index in [-0.39, 0.29) is 4.90 Å². The molecular weight excluding hydrogens is 429 g/mol. The molecule has 3 rings (SSSR count). The van der Waals surface area contributed by atoms with Gasteiger partial charge in [0.1, 0.15) is 0 Å². The lowest BCUT2D eigenvalue weighted by atomic mass is 10.1. The molecule has 158 valence electrons. The zero-order valence-corrected chi connectivity index (χ0v) is 16.7. The van der Waals surface area contributed by atoms with Gasteiger partial charge in [-0.05, 0) is 50.2 Å². The normalized spacial score (nSPS) is 16.7. The molecule has 0 unspecified atom stereocenters. The fraction of sp³-hybridized carbons (Fsp3) is 0.333. The Morgan fingerprint density at radius 3 is 2.03 bits per heavy atom. The third-order valence-electron chi connectivity index (χ3n) is 4.56. The van der Waals surface area contributed by atoms with Crippen molar-refractivity contribution in [2.24, 2.45) is 0 Å². The first-order valence-corrected chi connectivity index (χ1v) is 11.7. The van der Waals surface area contributed by atoms with Gasteiger partial charge in [-0.1, -0.05) is 24.3 Å². The molecule has 1 saturated heterocycles. The average molecular weight is 448 g/mol. The van der Waals surface area contributed by atoms with E-state index in [2.05, 4.69) is 10.0 Å². The molecule has 29 heavy (non-hydrogen) atoms. The van der Waals surface area contributed by atoms with Crippen LogP contribution in [0, 0.1) is 0 Å². The van der Waals surface area contributed by atoms with Crippen molar-refractivity contribution in [2.45, 2.75) is 39.7 Å². The predicted molar refractivity (Wildman–Crippen MR) is 99.6 cm³/mol. The second-order valence-electron chi connectivity index (χ2n) is 6.59. The molecule has 1 heterocycles. The minimum absolute atomic E-state index is 0.355. The van der Waals surface area contributed by atoms with Crippen LogP contribution < -0.4 is 10.0 Å². The molecule has 0 atom stereocenters. The Labute approximate surface area is 167 Å². The third-order valence-corrected chi connectivity index (χ3v) is 7.94. The van der Waals surface area contributed by atoms with Crippen LogP contribution in [0.5, 0.6) is 0 Å². The molecule has 0 saturated carbocycles. The summed E-state index contributed by atoms with van der Waals surface area (Å²) in [6, 6.07) is 8.60. The average Bonchev–Trinajstić information content (AvgIpc) is 2.68. The molecule has 2 N–H and O–H groups in total. The van der Waals surface area contributed by atoms with Crippen LogP contribution in [-0.2, 0) is 26.0 Å². The molecule has 0 spiro atoms. The maximum absolute atomic E-state index is 13.9. The Morgan fingerprint density at radius 1 is 0.862 bits per heavy atom. The molecule has 0 aliphatic carbocycles. The van der Waals surface area contributed by atoms with Crippen molar-refractivity contribution in [1.29, 1.82) is 0 Å². The Morgan fingerprint density at radius 2 is 1.45 bits per heavy atom. The van der Waals surface area contributed by atoms with E-state index in [9.17, 15) is 30.0 Å². The summed E-state index contributed by atoms with van der Waals surface area (Å²) in [7, 11) is -9.19. The fourth-order valence-corrected chi connectivity index (χ4v) is 6.33. The predicted octanol–water partition coefficient (Wildman–Crippen LogP) is 2.57. The molecule has 1 fully saturated rings. The lowest BCUT2D eigenvalue weighted by Crippen LogP contribution is -2.43. The zero-order chi connectivity index (χ0) is 21.3. The number of sulfone groups is 1. The molecule has 0 amide bonds. The van der Waals surface area contributed by atoms with E-state index in [0.717, 1.165) is 30.3 Å². The van der Waals surface area contributed by atoms with E-state index < -0.39 is 47.4 Å². The Balaban J connectivity index is 2.16. The van der Waals surface area contributed by atoms with Gasteiger partial charge in [-0.15, -0.1) is 0 Å². The van der Waals surface area contributed by atoms with E-state index in [0.29, 0.717) is 25.9 Å². The summed E-state index contributed by atoms with van der Waals surface area (Å²) in [5.41, 5.74) is -1.69. The van der Waals surface area contributed by atoms with Gasteiger partial charge in [-0.25, -0.2) is 21.6 Å². The van der Waals surface area contributed by atoms with Crippen molar-refractivity contribution in [1.82, 2.24) is 10.0 Å². The summed E-state index contributed by atoms with van der Waals surface area (Å²) in [6.07, 6.45) is -4.36. The highest BCUT2D eigenvalue weighted by atomic mass is 32.2. The molecule has 11 heteroatoms. The fourth-order valence-electron chi connectivity index (χ4n) is 3.19. The molecule has 0 aromatic heterocycles. The van der Waals surface area contributed by atoms with Crippen molar-refractivity contribution in [3.8, 4) is 0 Å². The van der Waals surface area contributed by atoms with E-state index in [1.807, 2.05) is 0 Å². The monoisotopic (exact) mass is 448 g/mol. The summed E-state index contributed by atoms with van der Waals surface area (Å²) in [4.78, 5) is -2.55. The van der Waals surface area contributed by atoms with E-state index >= 15 is 0 Å². The Bertz CT molecular complexity index is 1080. The van der Waals surface area contributed by atoms with Gasteiger partial charge in [-0.2, -0.15) is 13.2 Å². The van der Waals surface area contributed by atoms with Crippen molar-refractivity contribution >= 4 is 19.9 Å². The second kappa shape index (κ2) is 8.05. The van der Waals surface area contributed by atoms with Crippen LogP contribution in [0.2, 0.25) is 0 Å². The largest absolute Gasteiger partial charge is 0.419 e. The van der Waals surface area contributed by atoms with Crippen molar-refractivity contribution in [3.63, 3.8) is 0 Å². The molecule has 2 aromatic rings. The number of nitrogens with one attached hydrogen (secondary N) is 2. The van der Waals surface area contributed by atoms with Gasteiger partial charge in [0.05, 0.1) is 20.2 Å². The van der Waals surface area contributed by atoms with Crippen molar-refractivity contribution in [2.75, 3.05) is 13.1 Å². The van der Waals surface area contributed by atoms with Gasteiger partial charge < -0.3 is 5.32 Å². The minimum atomic E-state index is -5.20. The number of hydrogen-bond acceptors (Lipinski definition) is 5. The van der Waals surface area contributed by atoms with Crippen molar-refractivity contribution in [3.05, 3.63) is 54.1 Å².